The van der Waals surface area contributed by atoms with Crippen molar-refractivity contribution in [2.24, 2.45) is 0 Å². The first-order chi connectivity index (χ1) is 11.5. The Hall–Kier alpha value is -1.06. The molecule has 3 nitrogen and oxygen atoms in total. The van der Waals surface area contributed by atoms with Crippen molar-refractivity contribution < 1.29 is 0 Å². The van der Waals surface area contributed by atoms with Crippen LogP contribution in [0.3, 0.4) is 0 Å². The molecule has 0 aromatic heterocycles. The minimum Gasteiger partial charge on any atom is -0.369 e. The van der Waals surface area contributed by atoms with Gasteiger partial charge in [-0.05, 0) is 63.4 Å². The summed E-state index contributed by atoms with van der Waals surface area (Å²) < 4.78 is 0. The quantitative estimate of drug-likeness (QED) is 0.832. The maximum Gasteiger partial charge on any atom is 0.0367 e. The highest BCUT2D eigenvalue weighted by atomic mass is 15.3. The monoisotopic (exact) mass is 329 g/mol. The van der Waals surface area contributed by atoms with E-state index in [1.54, 1.807) is 0 Å². The largest absolute Gasteiger partial charge is 0.369 e. The van der Waals surface area contributed by atoms with Gasteiger partial charge in [0.1, 0.15) is 0 Å². The lowest BCUT2D eigenvalue weighted by atomic mass is 10.0. The average Bonchev–Trinajstić information content (AvgIpc) is 2.62. The highest BCUT2D eigenvalue weighted by Crippen LogP contribution is 2.24. The predicted molar refractivity (Wildman–Crippen MR) is 104 cm³/mol. The molecule has 0 atom stereocenters. The Morgan fingerprint density at radius 3 is 1.88 bits per heavy atom. The minimum absolute atomic E-state index is 0.618. The van der Waals surface area contributed by atoms with E-state index in [0.29, 0.717) is 12.0 Å². The molecule has 0 bridgehead atoms. The van der Waals surface area contributed by atoms with Gasteiger partial charge in [0, 0.05) is 44.0 Å². The molecule has 3 rings (SSSR count). The molecule has 134 valence electrons. The molecule has 0 saturated carbocycles. The fourth-order valence-electron chi connectivity index (χ4n) is 4.18. The summed E-state index contributed by atoms with van der Waals surface area (Å²) >= 11 is 0. The van der Waals surface area contributed by atoms with Gasteiger partial charge in [-0.3, -0.25) is 4.90 Å². The van der Waals surface area contributed by atoms with Crippen molar-refractivity contribution >= 4 is 5.69 Å². The van der Waals surface area contributed by atoms with Crippen LogP contribution in [0.25, 0.3) is 0 Å². The zero-order valence-electron chi connectivity index (χ0n) is 16.0. The van der Waals surface area contributed by atoms with Gasteiger partial charge in [0.2, 0.25) is 0 Å². The second kappa shape index (κ2) is 7.88. The van der Waals surface area contributed by atoms with Crippen molar-refractivity contribution in [2.45, 2.75) is 58.5 Å². The van der Waals surface area contributed by atoms with Crippen LogP contribution < -0.4 is 4.90 Å². The third-order valence-electron chi connectivity index (χ3n) is 5.98. The number of nitrogens with zero attached hydrogens (tertiary/aromatic N) is 3. The van der Waals surface area contributed by atoms with Crippen LogP contribution in [0, 0.1) is 0 Å². The van der Waals surface area contributed by atoms with Crippen LogP contribution in [0.4, 0.5) is 5.69 Å². The van der Waals surface area contributed by atoms with Crippen molar-refractivity contribution in [3.63, 3.8) is 0 Å². The van der Waals surface area contributed by atoms with E-state index in [1.807, 2.05) is 0 Å². The molecule has 0 N–H and O–H groups in total. The van der Waals surface area contributed by atoms with Crippen molar-refractivity contribution in [1.29, 1.82) is 0 Å². The molecule has 2 aliphatic rings. The van der Waals surface area contributed by atoms with Crippen molar-refractivity contribution in [2.75, 3.05) is 44.2 Å². The zero-order chi connectivity index (χ0) is 17.1. The van der Waals surface area contributed by atoms with Crippen molar-refractivity contribution in [3.05, 3.63) is 29.8 Å². The molecule has 1 aromatic carbocycles. The Morgan fingerprint density at radius 1 is 0.792 bits per heavy atom. The van der Waals surface area contributed by atoms with Gasteiger partial charge in [-0.2, -0.15) is 0 Å². The molecule has 0 aliphatic carbocycles. The molecule has 24 heavy (non-hydrogen) atoms. The number of hydrogen-bond acceptors (Lipinski definition) is 3. The third-order valence-corrected chi connectivity index (χ3v) is 5.98. The molecular weight excluding hydrogens is 294 g/mol. The van der Waals surface area contributed by atoms with Crippen LogP contribution in [-0.4, -0.2) is 61.2 Å². The van der Waals surface area contributed by atoms with Gasteiger partial charge in [-0.25, -0.2) is 0 Å². The van der Waals surface area contributed by atoms with Gasteiger partial charge >= 0.3 is 0 Å². The van der Waals surface area contributed by atoms with E-state index < -0.39 is 0 Å². The summed E-state index contributed by atoms with van der Waals surface area (Å²) in [6, 6.07) is 10.7. The summed E-state index contributed by atoms with van der Waals surface area (Å²) in [4.78, 5) is 7.93. The number of hydrogen-bond donors (Lipinski definition) is 0. The zero-order valence-corrected chi connectivity index (χ0v) is 16.0. The number of likely N-dealkylation sites (tertiary alicyclic amines) is 1. The lowest BCUT2D eigenvalue weighted by Gasteiger charge is -2.44. The molecule has 2 aliphatic heterocycles. The van der Waals surface area contributed by atoms with Gasteiger partial charge in [0.25, 0.3) is 0 Å². The van der Waals surface area contributed by atoms with Crippen LogP contribution in [0.5, 0.6) is 0 Å². The summed E-state index contributed by atoms with van der Waals surface area (Å²) in [6.07, 6.45) is 2.70. The van der Waals surface area contributed by atoms with Gasteiger partial charge in [-0.1, -0.05) is 26.0 Å². The first-order valence-electron chi connectivity index (χ1n) is 9.87. The number of rotatable bonds is 4. The van der Waals surface area contributed by atoms with Gasteiger partial charge in [0.15, 0.2) is 0 Å². The first kappa shape index (κ1) is 17.8. The maximum atomic E-state index is 2.75. The molecule has 0 unspecified atom stereocenters. The Morgan fingerprint density at radius 2 is 1.38 bits per heavy atom. The first-order valence-corrected chi connectivity index (χ1v) is 9.87. The summed E-state index contributed by atoms with van der Waals surface area (Å²) in [5, 5.41) is 0. The standard InChI is InChI=1S/C21H35N3/c1-17(2)19-5-7-20(8-6-19)23-13-15-24(16-14-23)21-9-11-22(12-10-21)18(3)4/h5-8,17-18,21H,9-16H2,1-4H3. The third kappa shape index (κ3) is 4.12. The van der Waals surface area contributed by atoms with E-state index >= 15 is 0 Å². The van der Waals surface area contributed by atoms with Gasteiger partial charge in [0.05, 0.1) is 0 Å². The number of anilines is 1. The fraction of sp³-hybridized carbons (Fsp3) is 0.714. The smallest absolute Gasteiger partial charge is 0.0367 e. The van der Waals surface area contributed by atoms with E-state index in [9.17, 15) is 0 Å². The molecule has 1 aromatic rings. The Bertz CT molecular complexity index is 492. The number of piperazine rings is 1. The van der Waals surface area contributed by atoms with E-state index in [0.717, 1.165) is 6.04 Å². The van der Waals surface area contributed by atoms with E-state index in [-0.39, 0.29) is 0 Å². The second-order valence-electron chi connectivity index (χ2n) is 8.13. The molecule has 2 fully saturated rings. The number of piperidine rings is 1. The Kier molecular flexibility index (Phi) is 5.83. The van der Waals surface area contributed by atoms with Crippen LogP contribution in [0.1, 0.15) is 52.0 Å². The summed E-state index contributed by atoms with van der Waals surface area (Å²) in [6.45, 7) is 16.5. The summed E-state index contributed by atoms with van der Waals surface area (Å²) in [5.41, 5.74) is 2.84. The van der Waals surface area contributed by atoms with Gasteiger partial charge in [-0.15, -0.1) is 0 Å². The van der Waals surface area contributed by atoms with E-state index in [4.69, 9.17) is 0 Å². The fourth-order valence-corrected chi connectivity index (χ4v) is 4.18. The molecule has 2 heterocycles. The summed E-state index contributed by atoms with van der Waals surface area (Å²) in [5.74, 6) is 0.618. The van der Waals surface area contributed by atoms with Crippen LogP contribution >= 0.6 is 0 Å². The highest BCUT2D eigenvalue weighted by molar-refractivity contribution is 5.48. The van der Waals surface area contributed by atoms with Crippen molar-refractivity contribution in [3.8, 4) is 0 Å². The molecular formula is C21H35N3. The molecule has 3 heteroatoms. The van der Waals surface area contributed by atoms with Crippen LogP contribution in [0.2, 0.25) is 0 Å². The average molecular weight is 330 g/mol. The van der Waals surface area contributed by atoms with Crippen LogP contribution in [0.15, 0.2) is 24.3 Å². The Balaban J connectivity index is 1.49. The topological polar surface area (TPSA) is 9.72 Å². The SMILES string of the molecule is CC(C)c1ccc(N2CCN(C3CCN(C(C)C)CC3)CC2)cc1. The second-order valence-corrected chi connectivity index (χ2v) is 8.13. The predicted octanol–water partition coefficient (Wildman–Crippen LogP) is 3.80. The summed E-state index contributed by atoms with van der Waals surface area (Å²) in [7, 11) is 0. The van der Waals surface area contributed by atoms with Crippen molar-refractivity contribution in [1.82, 2.24) is 9.80 Å². The molecule has 2 saturated heterocycles. The number of benzene rings is 1. The molecule has 0 spiro atoms. The lowest BCUT2D eigenvalue weighted by molar-refractivity contribution is 0.0883. The van der Waals surface area contributed by atoms with Gasteiger partial charge < -0.3 is 9.80 Å². The van der Waals surface area contributed by atoms with E-state index in [2.05, 4.69) is 66.7 Å². The maximum absolute atomic E-state index is 2.75. The van der Waals surface area contributed by atoms with E-state index in [1.165, 1.54) is 63.4 Å². The Labute approximate surface area is 148 Å². The normalized spacial score (nSPS) is 21.8. The lowest BCUT2D eigenvalue weighted by Crippen LogP contribution is -2.53. The molecule has 0 radical (unpaired) electrons. The molecule has 0 amide bonds. The minimum atomic E-state index is 0.618. The van der Waals surface area contributed by atoms with Crippen LogP contribution in [-0.2, 0) is 0 Å². The highest BCUT2D eigenvalue weighted by Gasteiger charge is 2.28.